The highest BCUT2D eigenvalue weighted by Crippen LogP contribution is 2.09. The van der Waals surface area contributed by atoms with E-state index in [1.165, 1.54) is 0 Å². The topological polar surface area (TPSA) is 58.7 Å². The van der Waals surface area contributed by atoms with E-state index < -0.39 is 0 Å². The van der Waals surface area contributed by atoms with Crippen LogP contribution in [0.2, 0.25) is 0 Å². The Bertz CT molecular complexity index is 248. The fraction of sp³-hybridized carbons (Fsp3) is 0.846. The summed E-state index contributed by atoms with van der Waals surface area (Å²) in [5.41, 5.74) is 0. The van der Waals surface area contributed by atoms with Crippen LogP contribution in [0, 0.1) is 12.3 Å². The summed E-state index contributed by atoms with van der Waals surface area (Å²) < 4.78 is 31.3. The van der Waals surface area contributed by atoms with E-state index in [0.29, 0.717) is 39.6 Å². The number of methoxy groups -OCH3 is 1. The van der Waals surface area contributed by atoms with Crippen molar-refractivity contribution in [2.45, 2.75) is 12.2 Å². The average Bonchev–Trinajstić information content (AvgIpc) is 3.23. The largest absolute Gasteiger partial charge is 0.376 e. The molecule has 2 unspecified atom stereocenters. The van der Waals surface area contributed by atoms with Crippen molar-refractivity contribution in [2.75, 3.05) is 60.2 Å². The van der Waals surface area contributed by atoms with Crippen molar-refractivity contribution in [1.29, 1.82) is 0 Å². The number of ether oxygens (including phenoxy) is 6. The van der Waals surface area contributed by atoms with E-state index in [1.807, 2.05) is 0 Å². The van der Waals surface area contributed by atoms with E-state index in [-0.39, 0.29) is 19.0 Å². The van der Waals surface area contributed by atoms with Crippen LogP contribution in [0.5, 0.6) is 0 Å². The zero-order valence-corrected chi connectivity index (χ0v) is 11.3. The normalized spacial score (nSPS) is 19.1. The van der Waals surface area contributed by atoms with E-state index >= 15 is 0 Å². The lowest BCUT2D eigenvalue weighted by Crippen LogP contribution is -2.28. The molecule has 0 aromatic heterocycles. The van der Waals surface area contributed by atoms with Gasteiger partial charge in [0.05, 0.1) is 39.6 Å². The van der Waals surface area contributed by atoms with Crippen LogP contribution in [0.25, 0.3) is 0 Å². The first-order chi connectivity index (χ1) is 9.36. The van der Waals surface area contributed by atoms with Gasteiger partial charge in [-0.15, -0.1) is 6.42 Å². The molecule has 1 aliphatic rings. The first kappa shape index (κ1) is 16.4. The summed E-state index contributed by atoms with van der Waals surface area (Å²) in [6, 6.07) is 0. The van der Waals surface area contributed by atoms with Gasteiger partial charge in [0.1, 0.15) is 25.6 Å². The molecule has 0 bridgehead atoms. The molecule has 19 heavy (non-hydrogen) atoms. The maximum atomic E-state index is 5.47. The molecule has 110 valence electrons. The Morgan fingerprint density at radius 3 is 2.68 bits per heavy atom. The summed E-state index contributed by atoms with van der Waals surface area (Å²) in [4.78, 5) is 0. The summed E-state index contributed by atoms with van der Waals surface area (Å²) in [7, 11) is 1.57. The fourth-order valence-corrected chi connectivity index (χ4v) is 1.27. The molecule has 2 atom stereocenters. The van der Waals surface area contributed by atoms with Crippen molar-refractivity contribution >= 4 is 0 Å². The molecule has 1 fully saturated rings. The molecule has 1 rings (SSSR count). The Labute approximate surface area is 114 Å². The third kappa shape index (κ3) is 9.85. The van der Waals surface area contributed by atoms with E-state index in [1.54, 1.807) is 7.11 Å². The van der Waals surface area contributed by atoms with Crippen LogP contribution in [-0.4, -0.2) is 72.4 Å². The zero-order chi connectivity index (χ0) is 13.8. The van der Waals surface area contributed by atoms with Crippen molar-refractivity contribution in [1.82, 2.24) is 0 Å². The summed E-state index contributed by atoms with van der Waals surface area (Å²) >= 11 is 0. The minimum Gasteiger partial charge on any atom is -0.376 e. The molecule has 6 nitrogen and oxygen atoms in total. The third-order valence-electron chi connectivity index (χ3n) is 2.29. The Morgan fingerprint density at radius 2 is 2.00 bits per heavy atom. The Balaban J connectivity index is 2.00. The first-order valence-corrected chi connectivity index (χ1v) is 6.25. The van der Waals surface area contributed by atoms with Crippen molar-refractivity contribution in [3.63, 3.8) is 0 Å². The standard InChI is InChI=1S/C13H22O6/c1-3-4-15-5-6-16-7-12(19-11-14-2)8-17-9-13-10-18-13/h1,12-13H,4-11H2,2H3. The van der Waals surface area contributed by atoms with Gasteiger partial charge in [-0.3, -0.25) is 0 Å². The predicted octanol–water partition coefficient (Wildman–Crippen LogP) is 0.0573. The smallest absolute Gasteiger partial charge is 0.146 e. The molecular formula is C13H22O6. The molecule has 0 radical (unpaired) electrons. The Hall–Kier alpha value is -0.680. The summed E-state index contributed by atoms with van der Waals surface area (Å²) in [5, 5.41) is 0. The van der Waals surface area contributed by atoms with Crippen LogP contribution in [0.1, 0.15) is 0 Å². The van der Waals surface area contributed by atoms with Gasteiger partial charge in [0.25, 0.3) is 0 Å². The maximum Gasteiger partial charge on any atom is 0.146 e. The van der Waals surface area contributed by atoms with Crippen LogP contribution >= 0.6 is 0 Å². The molecule has 0 spiro atoms. The predicted molar refractivity (Wildman–Crippen MR) is 67.8 cm³/mol. The number of hydrogen-bond acceptors (Lipinski definition) is 6. The molecule has 0 aliphatic carbocycles. The highest BCUT2D eigenvalue weighted by molar-refractivity contribution is 4.82. The molecule has 1 heterocycles. The van der Waals surface area contributed by atoms with E-state index in [4.69, 9.17) is 34.8 Å². The summed E-state index contributed by atoms with van der Waals surface area (Å²) in [6.07, 6.45) is 5.14. The van der Waals surface area contributed by atoms with Gasteiger partial charge in [-0.2, -0.15) is 0 Å². The molecular weight excluding hydrogens is 252 g/mol. The van der Waals surface area contributed by atoms with E-state index in [0.717, 1.165) is 6.61 Å². The molecule has 0 saturated carbocycles. The van der Waals surface area contributed by atoms with Crippen LogP contribution in [0.4, 0.5) is 0 Å². The first-order valence-electron chi connectivity index (χ1n) is 6.25. The Morgan fingerprint density at radius 1 is 1.26 bits per heavy atom. The number of hydrogen-bond donors (Lipinski definition) is 0. The number of epoxide rings is 1. The van der Waals surface area contributed by atoms with Gasteiger partial charge >= 0.3 is 0 Å². The van der Waals surface area contributed by atoms with Gasteiger partial charge in [-0.05, 0) is 0 Å². The minimum atomic E-state index is -0.161. The molecule has 0 amide bonds. The van der Waals surface area contributed by atoms with Gasteiger partial charge in [0.15, 0.2) is 0 Å². The molecule has 0 aromatic rings. The fourth-order valence-electron chi connectivity index (χ4n) is 1.27. The molecule has 6 heteroatoms. The molecule has 1 aliphatic heterocycles. The maximum absolute atomic E-state index is 5.47. The molecule has 0 N–H and O–H groups in total. The SMILES string of the molecule is C#CCOCCOCC(COCC1CO1)OCOC. The molecule has 0 aromatic carbocycles. The lowest BCUT2D eigenvalue weighted by Gasteiger charge is -2.17. The van der Waals surface area contributed by atoms with Gasteiger partial charge < -0.3 is 28.4 Å². The summed E-state index contributed by atoms with van der Waals surface area (Å²) in [6.45, 7) is 3.72. The van der Waals surface area contributed by atoms with Crippen molar-refractivity contribution in [3.8, 4) is 12.3 Å². The van der Waals surface area contributed by atoms with Crippen LogP contribution in [0.3, 0.4) is 0 Å². The highest BCUT2D eigenvalue weighted by Gasteiger charge is 2.23. The second-order valence-corrected chi connectivity index (χ2v) is 4.02. The second kappa shape index (κ2) is 11.2. The number of terminal acetylenes is 1. The highest BCUT2D eigenvalue weighted by atomic mass is 16.7. The van der Waals surface area contributed by atoms with Crippen molar-refractivity contribution in [2.24, 2.45) is 0 Å². The summed E-state index contributed by atoms with van der Waals surface area (Å²) in [5.74, 6) is 2.39. The third-order valence-corrected chi connectivity index (χ3v) is 2.29. The Kier molecular flexibility index (Phi) is 9.63. The molecule has 1 saturated heterocycles. The van der Waals surface area contributed by atoms with Crippen LogP contribution in [0.15, 0.2) is 0 Å². The van der Waals surface area contributed by atoms with Crippen molar-refractivity contribution in [3.05, 3.63) is 0 Å². The zero-order valence-electron chi connectivity index (χ0n) is 11.3. The van der Waals surface area contributed by atoms with Gasteiger partial charge in [0, 0.05) is 7.11 Å². The van der Waals surface area contributed by atoms with Gasteiger partial charge in [-0.1, -0.05) is 5.92 Å². The van der Waals surface area contributed by atoms with Crippen LogP contribution < -0.4 is 0 Å². The van der Waals surface area contributed by atoms with Crippen molar-refractivity contribution < 1.29 is 28.4 Å². The van der Waals surface area contributed by atoms with Gasteiger partial charge in [-0.25, -0.2) is 0 Å². The van der Waals surface area contributed by atoms with E-state index in [2.05, 4.69) is 5.92 Å². The van der Waals surface area contributed by atoms with Crippen LogP contribution in [-0.2, 0) is 28.4 Å². The lowest BCUT2D eigenvalue weighted by atomic mass is 10.4. The lowest BCUT2D eigenvalue weighted by molar-refractivity contribution is -0.123. The minimum absolute atomic E-state index is 0.161. The quantitative estimate of drug-likeness (QED) is 0.205. The monoisotopic (exact) mass is 274 g/mol. The second-order valence-electron chi connectivity index (χ2n) is 4.02. The number of rotatable bonds is 13. The average molecular weight is 274 g/mol. The van der Waals surface area contributed by atoms with E-state index in [9.17, 15) is 0 Å². The van der Waals surface area contributed by atoms with Gasteiger partial charge in [0.2, 0.25) is 0 Å².